The fourth-order valence-corrected chi connectivity index (χ4v) is 4.75. The Morgan fingerprint density at radius 1 is 0.892 bits per heavy atom. The SMILES string of the molecule is CCCCCCOc1ccc(C2c3c(oc4ccc(F)cc4c3=O)C(=O)N2Cc2ccc(F)cc2)cc1. The van der Waals surface area contributed by atoms with Crippen LogP contribution in [0.25, 0.3) is 11.0 Å². The van der Waals surface area contributed by atoms with Crippen molar-refractivity contribution in [2.24, 2.45) is 0 Å². The second-order valence-electron chi connectivity index (χ2n) is 9.25. The van der Waals surface area contributed by atoms with E-state index in [9.17, 15) is 18.4 Å². The van der Waals surface area contributed by atoms with Gasteiger partial charge in [-0.2, -0.15) is 0 Å². The Hall–Kier alpha value is -4.00. The van der Waals surface area contributed by atoms with Crippen molar-refractivity contribution in [2.45, 2.75) is 45.2 Å². The molecule has 5 nitrogen and oxygen atoms in total. The van der Waals surface area contributed by atoms with Gasteiger partial charge >= 0.3 is 0 Å². The third-order valence-corrected chi connectivity index (χ3v) is 6.66. The zero-order valence-corrected chi connectivity index (χ0v) is 20.5. The summed E-state index contributed by atoms with van der Waals surface area (Å²) in [4.78, 5) is 28.6. The molecule has 1 aliphatic rings. The van der Waals surface area contributed by atoms with E-state index in [-0.39, 0.29) is 34.7 Å². The number of rotatable bonds is 9. The monoisotopic (exact) mass is 503 g/mol. The molecule has 0 aliphatic carbocycles. The first-order valence-electron chi connectivity index (χ1n) is 12.5. The van der Waals surface area contributed by atoms with E-state index in [4.69, 9.17) is 9.15 Å². The van der Waals surface area contributed by atoms with Crippen LogP contribution in [0.4, 0.5) is 8.78 Å². The van der Waals surface area contributed by atoms with Gasteiger partial charge in [0.25, 0.3) is 5.91 Å². The second kappa shape index (κ2) is 10.5. The molecule has 5 rings (SSSR count). The first-order chi connectivity index (χ1) is 18.0. The summed E-state index contributed by atoms with van der Waals surface area (Å²) in [6, 6.07) is 16.0. The van der Waals surface area contributed by atoms with Crippen LogP contribution in [0.5, 0.6) is 5.75 Å². The number of fused-ring (bicyclic) bond motifs is 2. The van der Waals surface area contributed by atoms with Gasteiger partial charge < -0.3 is 14.1 Å². The van der Waals surface area contributed by atoms with Crippen LogP contribution in [0.3, 0.4) is 0 Å². The molecule has 0 spiro atoms. The Balaban J connectivity index is 1.53. The standard InChI is InChI=1S/C30H27F2NO4/c1-2-3-4-5-16-36-23-13-8-20(9-14-23)27-26-28(34)24-17-22(32)12-15-25(24)37-29(26)30(35)33(27)18-19-6-10-21(31)11-7-19/h6-15,17,27H,2-5,16,18H2,1H3. The molecule has 1 atom stereocenters. The lowest BCUT2D eigenvalue weighted by Crippen LogP contribution is -2.29. The lowest BCUT2D eigenvalue weighted by molar-refractivity contribution is 0.0714. The van der Waals surface area contributed by atoms with Crippen LogP contribution in [0.2, 0.25) is 0 Å². The van der Waals surface area contributed by atoms with Gasteiger partial charge in [-0.3, -0.25) is 9.59 Å². The van der Waals surface area contributed by atoms with Gasteiger partial charge in [-0.15, -0.1) is 0 Å². The van der Waals surface area contributed by atoms with Crippen molar-refractivity contribution >= 4 is 16.9 Å². The summed E-state index contributed by atoms with van der Waals surface area (Å²) >= 11 is 0. The lowest BCUT2D eigenvalue weighted by atomic mass is 9.98. The molecule has 0 N–H and O–H groups in total. The van der Waals surface area contributed by atoms with E-state index in [1.807, 2.05) is 24.3 Å². The van der Waals surface area contributed by atoms with Gasteiger partial charge in [0.05, 0.1) is 23.6 Å². The lowest BCUT2D eigenvalue weighted by Gasteiger charge is -2.25. The van der Waals surface area contributed by atoms with Gasteiger partial charge in [0.2, 0.25) is 5.76 Å². The molecule has 1 aromatic heterocycles. The maximum Gasteiger partial charge on any atom is 0.291 e. The first kappa shape index (κ1) is 24.7. The number of amides is 1. The van der Waals surface area contributed by atoms with Crippen molar-refractivity contribution < 1.29 is 22.7 Å². The van der Waals surface area contributed by atoms with E-state index in [1.54, 1.807) is 12.1 Å². The summed E-state index contributed by atoms with van der Waals surface area (Å²) in [5, 5.41) is 0.0761. The number of carbonyl (C=O) groups is 1. The summed E-state index contributed by atoms with van der Waals surface area (Å²) in [5.41, 5.74) is 1.25. The van der Waals surface area contributed by atoms with Crippen molar-refractivity contribution in [1.82, 2.24) is 4.90 Å². The largest absolute Gasteiger partial charge is 0.494 e. The fraction of sp³-hybridized carbons (Fsp3) is 0.267. The second-order valence-corrected chi connectivity index (χ2v) is 9.25. The normalized spacial score (nSPS) is 14.8. The van der Waals surface area contributed by atoms with Crippen LogP contribution in [0.15, 0.2) is 75.9 Å². The Morgan fingerprint density at radius 3 is 2.35 bits per heavy atom. The molecule has 0 radical (unpaired) electrons. The summed E-state index contributed by atoms with van der Waals surface area (Å²) in [6.07, 6.45) is 4.40. The smallest absolute Gasteiger partial charge is 0.291 e. The number of ether oxygens (including phenoxy) is 1. The minimum atomic E-state index is -0.755. The minimum absolute atomic E-state index is 0.0625. The molecule has 3 aromatic carbocycles. The summed E-state index contributed by atoms with van der Waals surface area (Å²) in [7, 11) is 0. The highest BCUT2D eigenvalue weighted by molar-refractivity contribution is 5.99. The van der Waals surface area contributed by atoms with E-state index in [2.05, 4.69) is 6.92 Å². The fourth-order valence-electron chi connectivity index (χ4n) is 4.75. The molecule has 7 heteroatoms. The molecule has 2 heterocycles. The van der Waals surface area contributed by atoms with Crippen molar-refractivity contribution in [3.05, 3.63) is 111 Å². The maximum absolute atomic E-state index is 14.0. The molecule has 1 aliphatic heterocycles. The summed E-state index contributed by atoms with van der Waals surface area (Å²) < 4.78 is 39.2. The van der Waals surface area contributed by atoms with Gasteiger partial charge in [0.1, 0.15) is 23.0 Å². The highest BCUT2D eigenvalue weighted by Crippen LogP contribution is 2.39. The number of hydrogen-bond acceptors (Lipinski definition) is 4. The number of benzene rings is 3. The number of carbonyl (C=O) groups excluding carboxylic acids is 1. The van der Waals surface area contributed by atoms with Crippen LogP contribution in [0, 0.1) is 11.6 Å². The van der Waals surface area contributed by atoms with Crippen molar-refractivity contribution in [1.29, 1.82) is 0 Å². The summed E-state index contributed by atoms with van der Waals surface area (Å²) in [5.74, 6) is -0.769. The van der Waals surface area contributed by atoms with Crippen LogP contribution >= 0.6 is 0 Å². The molecule has 0 saturated carbocycles. The van der Waals surface area contributed by atoms with E-state index in [1.165, 1.54) is 35.6 Å². The number of nitrogens with zero attached hydrogens (tertiary/aromatic N) is 1. The first-order valence-corrected chi connectivity index (χ1v) is 12.5. The number of unbranched alkanes of at least 4 members (excludes halogenated alkanes) is 3. The van der Waals surface area contributed by atoms with Gasteiger partial charge in [-0.05, 0) is 60.0 Å². The molecular formula is C30H27F2NO4. The molecule has 0 saturated heterocycles. The molecule has 0 bridgehead atoms. The average molecular weight is 504 g/mol. The average Bonchev–Trinajstić information content (AvgIpc) is 3.17. The molecule has 1 amide bonds. The molecule has 4 aromatic rings. The molecule has 190 valence electrons. The van der Waals surface area contributed by atoms with E-state index in [0.29, 0.717) is 23.5 Å². The van der Waals surface area contributed by atoms with Gasteiger partial charge in [0, 0.05) is 6.54 Å². The van der Waals surface area contributed by atoms with E-state index in [0.717, 1.165) is 25.3 Å². The highest BCUT2D eigenvalue weighted by atomic mass is 19.1. The molecule has 0 fully saturated rings. The van der Waals surface area contributed by atoms with Gasteiger partial charge in [-0.25, -0.2) is 8.78 Å². The number of hydrogen-bond donors (Lipinski definition) is 0. The van der Waals surface area contributed by atoms with Crippen molar-refractivity contribution in [3.63, 3.8) is 0 Å². The van der Waals surface area contributed by atoms with Crippen LogP contribution in [-0.2, 0) is 6.54 Å². The predicted molar refractivity (Wildman–Crippen MR) is 137 cm³/mol. The van der Waals surface area contributed by atoms with E-state index >= 15 is 0 Å². The Bertz CT molecular complexity index is 1480. The van der Waals surface area contributed by atoms with Gasteiger partial charge in [-0.1, -0.05) is 50.5 Å². The van der Waals surface area contributed by atoms with Crippen LogP contribution in [0.1, 0.15) is 65.9 Å². The number of halogens is 2. The molecule has 1 unspecified atom stereocenters. The predicted octanol–water partition coefficient (Wildman–Crippen LogP) is 6.78. The minimum Gasteiger partial charge on any atom is -0.494 e. The Kier molecular flexibility index (Phi) is 7.04. The molecular weight excluding hydrogens is 476 g/mol. The summed E-state index contributed by atoms with van der Waals surface area (Å²) in [6.45, 7) is 2.90. The third kappa shape index (κ3) is 4.99. The zero-order valence-electron chi connectivity index (χ0n) is 20.5. The highest BCUT2D eigenvalue weighted by Gasteiger charge is 2.42. The van der Waals surface area contributed by atoms with Gasteiger partial charge in [0.15, 0.2) is 5.43 Å². The quantitative estimate of drug-likeness (QED) is 0.236. The Morgan fingerprint density at radius 2 is 1.62 bits per heavy atom. The van der Waals surface area contributed by atoms with Crippen molar-refractivity contribution in [2.75, 3.05) is 6.61 Å². The molecule has 37 heavy (non-hydrogen) atoms. The van der Waals surface area contributed by atoms with Crippen molar-refractivity contribution in [3.8, 4) is 5.75 Å². The third-order valence-electron chi connectivity index (χ3n) is 6.66. The van der Waals surface area contributed by atoms with Crippen LogP contribution in [-0.4, -0.2) is 17.4 Å². The Labute approximate surface area is 213 Å². The van der Waals surface area contributed by atoms with E-state index < -0.39 is 23.2 Å². The van der Waals surface area contributed by atoms with Crippen LogP contribution < -0.4 is 10.2 Å². The zero-order chi connectivity index (χ0) is 25.9. The maximum atomic E-state index is 14.0. The topological polar surface area (TPSA) is 59.8 Å².